The molecular weight excluding hydrogens is 190 g/mol. The molecule has 2 atom stereocenters. The normalized spacial score (nSPS) is 22.1. The summed E-state index contributed by atoms with van der Waals surface area (Å²) in [4.78, 5) is 0. The van der Waals surface area contributed by atoms with Crippen LogP contribution in [0.1, 0.15) is 1.43 Å². The van der Waals surface area contributed by atoms with Crippen molar-refractivity contribution in [3.05, 3.63) is 30.3 Å². The van der Waals surface area contributed by atoms with E-state index in [0.29, 0.717) is 8.58 Å². The molecule has 72 valence electrons. The molecule has 1 aliphatic heterocycles. The molecule has 1 saturated heterocycles. The molecule has 0 N–H and O–H groups in total. The van der Waals surface area contributed by atoms with E-state index in [0.717, 1.165) is 19.8 Å². The summed E-state index contributed by atoms with van der Waals surface area (Å²) < 4.78 is 10.9. The molecule has 1 aromatic rings. The summed E-state index contributed by atoms with van der Waals surface area (Å²) in [6.07, 6.45) is 0. The molecule has 0 radical (unpaired) electrons. The van der Waals surface area contributed by atoms with E-state index >= 15 is 0 Å². The van der Waals surface area contributed by atoms with Gasteiger partial charge in [-0.2, -0.15) is 0 Å². The average Bonchev–Trinajstić information content (AvgIpc) is 2.21. The van der Waals surface area contributed by atoms with Crippen molar-refractivity contribution in [3.63, 3.8) is 0 Å². The zero-order chi connectivity index (χ0) is 8.93. The van der Waals surface area contributed by atoms with Gasteiger partial charge >= 0.3 is 18.9 Å². The smallest absolute Gasteiger partial charge is 1.00 e. The van der Waals surface area contributed by atoms with E-state index in [2.05, 4.69) is 24.3 Å². The van der Waals surface area contributed by atoms with Crippen molar-refractivity contribution in [2.45, 2.75) is 5.85 Å². The third-order valence-electron chi connectivity index (χ3n) is 1.92. The van der Waals surface area contributed by atoms with Crippen LogP contribution in [0.4, 0.5) is 0 Å². The Labute approximate surface area is 99.8 Å². The maximum Gasteiger partial charge on any atom is 1.00 e. The molecule has 0 bridgehead atoms. The molecule has 2 rings (SSSR count). The summed E-state index contributed by atoms with van der Waals surface area (Å²) in [6, 6.07) is 10.4. The fourth-order valence-electron chi connectivity index (χ4n) is 1.29. The molecule has 0 saturated carbocycles. The Balaban J connectivity index is 0.000000980. The van der Waals surface area contributed by atoms with E-state index < -0.39 is 0 Å². The standard InChI is InChI=1S/C10H13O2P.Li.H/c1-2-4-9(5-3-1)13-10-8-11-6-7-12-10;;/h1-5,10,13H,6-8H2;;/q;+1;-1. The molecule has 1 aliphatic rings. The van der Waals surface area contributed by atoms with Crippen LogP contribution in [0.2, 0.25) is 0 Å². The monoisotopic (exact) mass is 204 g/mol. The Morgan fingerprint density at radius 2 is 2.00 bits per heavy atom. The predicted molar refractivity (Wildman–Crippen MR) is 56.1 cm³/mol. The van der Waals surface area contributed by atoms with E-state index in [1.807, 2.05) is 6.07 Å². The molecule has 1 aromatic carbocycles. The van der Waals surface area contributed by atoms with E-state index in [1.54, 1.807) is 0 Å². The number of hydrogen-bond donors (Lipinski definition) is 0. The van der Waals surface area contributed by atoms with Gasteiger partial charge < -0.3 is 10.9 Å². The second-order valence-corrected chi connectivity index (χ2v) is 4.45. The van der Waals surface area contributed by atoms with Gasteiger partial charge in [-0.1, -0.05) is 38.9 Å². The number of rotatable bonds is 2. The van der Waals surface area contributed by atoms with Crippen LogP contribution < -0.4 is 24.2 Å². The SMILES string of the molecule is [H-].[Li+].c1ccc(PC2COCCO2)cc1. The fourth-order valence-corrected chi connectivity index (χ4v) is 2.45. The van der Waals surface area contributed by atoms with E-state index in [1.165, 1.54) is 5.30 Å². The molecule has 0 aromatic heterocycles. The first-order valence-corrected chi connectivity index (χ1v) is 5.54. The van der Waals surface area contributed by atoms with Gasteiger partial charge in [-0.25, -0.2) is 0 Å². The summed E-state index contributed by atoms with van der Waals surface area (Å²) >= 11 is 0. The van der Waals surface area contributed by atoms with Gasteiger partial charge in [0.1, 0.15) is 5.85 Å². The van der Waals surface area contributed by atoms with Crippen molar-refractivity contribution in [1.29, 1.82) is 0 Å². The third kappa shape index (κ3) is 3.73. The number of hydrogen-bond acceptors (Lipinski definition) is 2. The van der Waals surface area contributed by atoms with Gasteiger partial charge in [0.2, 0.25) is 0 Å². The van der Waals surface area contributed by atoms with Gasteiger partial charge in [0.25, 0.3) is 0 Å². The quantitative estimate of drug-likeness (QED) is 0.430. The first kappa shape index (κ1) is 12.2. The molecule has 2 unspecified atom stereocenters. The van der Waals surface area contributed by atoms with Crippen molar-refractivity contribution >= 4 is 13.9 Å². The first-order chi connectivity index (χ1) is 6.45. The van der Waals surface area contributed by atoms with Gasteiger partial charge in [0.15, 0.2) is 0 Å². The summed E-state index contributed by atoms with van der Waals surface area (Å²) in [6.45, 7) is 2.23. The second-order valence-electron chi connectivity index (χ2n) is 2.94. The average molecular weight is 204 g/mol. The first-order valence-electron chi connectivity index (χ1n) is 4.46. The second kappa shape index (κ2) is 6.61. The van der Waals surface area contributed by atoms with Gasteiger partial charge in [-0.15, -0.1) is 0 Å². The summed E-state index contributed by atoms with van der Waals surface area (Å²) in [5.41, 5.74) is 0. The van der Waals surface area contributed by atoms with Crippen LogP contribution in [0.3, 0.4) is 0 Å². The van der Waals surface area contributed by atoms with Crippen LogP contribution in [-0.4, -0.2) is 25.7 Å². The Hall–Kier alpha value is 0.167. The number of benzene rings is 1. The van der Waals surface area contributed by atoms with Crippen molar-refractivity contribution in [2.75, 3.05) is 19.8 Å². The van der Waals surface area contributed by atoms with Gasteiger partial charge in [0, 0.05) is 0 Å². The molecule has 0 amide bonds. The maximum absolute atomic E-state index is 5.57. The molecule has 0 spiro atoms. The Morgan fingerprint density at radius 3 is 2.64 bits per heavy atom. The minimum absolute atomic E-state index is 0. The van der Waals surface area contributed by atoms with Crippen LogP contribution in [-0.2, 0) is 9.47 Å². The van der Waals surface area contributed by atoms with E-state index in [4.69, 9.17) is 9.47 Å². The van der Waals surface area contributed by atoms with E-state index in [-0.39, 0.29) is 26.1 Å². The van der Waals surface area contributed by atoms with Crippen LogP contribution in [0.5, 0.6) is 0 Å². The fraction of sp³-hybridized carbons (Fsp3) is 0.400. The molecular formula is C10H14LiO2P. The van der Waals surface area contributed by atoms with Crippen LogP contribution in [0.15, 0.2) is 30.3 Å². The van der Waals surface area contributed by atoms with Crippen molar-refractivity contribution in [1.82, 2.24) is 0 Å². The summed E-state index contributed by atoms with van der Waals surface area (Å²) in [7, 11) is 0.706. The van der Waals surface area contributed by atoms with E-state index in [9.17, 15) is 0 Å². The Morgan fingerprint density at radius 1 is 1.21 bits per heavy atom. The summed E-state index contributed by atoms with van der Waals surface area (Å²) in [5.74, 6) is 0.274. The van der Waals surface area contributed by atoms with Crippen molar-refractivity contribution in [2.24, 2.45) is 0 Å². The molecule has 14 heavy (non-hydrogen) atoms. The molecule has 1 fully saturated rings. The topological polar surface area (TPSA) is 18.5 Å². The Bertz CT molecular complexity index is 255. The molecule has 4 heteroatoms. The number of ether oxygens (including phenoxy) is 2. The zero-order valence-electron chi connectivity index (χ0n) is 9.40. The van der Waals surface area contributed by atoms with Crippen LogP contribution >= 0.6 is 8.58 Å². The van der Waals surface area contributed by atoms with Crippen molar-refractivity contribution in [3.8, 4) is 0 Å². The van der Waals surface area contributed by atoms with Crippen LogP contribution in [0.25, 0.3) is 0 Å². The Kier molecular flexibility index (Phi) is 5.78. The minimum atomic E-state index is 0. The third-order valence-corrected chi connectivity index (χ3v) is 3.24. The van der Waals surface area contributed by atoms with Gasteiger partial charge in [-0.3, -0.25) is 0 Å². The maximum atomic E-state index is 5.57. The van der Waals surface area contributed by atoms with Crippen LogP contribution in [0, 0.1) is 0 Å². The minimum Gasteiger partial charge on any atom is -1.00 e. The van der Waals surface area contributed by atoms with Gasteiger partial charge in [0.05, 0.1) is 19.8 Å². The zero-order valence-corrected chi connectivity index (χ0v) is 9.40. The molecule has 2 nitrogen and oxygen atoms in total. The van der Waals surface area contributed by atoms with Crippen molar-refractivity contribution < 1.29 is 29.8 Å². The van der Waals surface area contributed by atoms with Gasteiger partial charge in [-0.05, 0) is 5.30 Å². The molecule has 1 heterocycles. The summed E-state index contributed by atoms with van der Waals surface area (Å²) in [5, 5.41) is 1.35. The predicted octanol–water partition coefficient (Wildman–Crippen LogP) is -1.52. The molecule has 0 aliphatic carbocycles. The largest absolute Gasteiger partial charge is 1.00 e.